The molecule has 236 valence electrons. The Kier molecular flexibility index (Phi) is 7.40. The number of carbonyl (C=O) groups is 1. The smallest absolute Gasteiger partial charge is 0.319 e. The first-order valence-corrected chi connectivity index (χ1v) is 15.7. The predicted octanol–water partition coefficient (Wildman–Crippen LogP) is 5.58. The number of fused-ring (bicyclic) bond motifs is 2. The molecule has 1 spiro atoms. The van der Waals surface area contributed by atoms with Crippen molar-refractivity contribution in [3.63, 3.8) is 0 Å². The Morgan fingerprint density at radius 3 is 2.78 bits per heavy atom. The van der Waals surface area contributed by atoms with Crippen LogP contribution in [-0.2, 0) is 4.79 Å². The zero-order chi connectivity index (χ0) is 32.3. The molecule has 8 nitrogen and oxygen atoms in total. The van der Waals surface area contributed by atoms with Gasteiger partial charge in [0.1, 0.15) is 29.5 Å². The van der Waals surface area contributed by atoms with Gasteiger partial charge in [-0.2, -0.15) is 9.97 Å². The Hall–Kier alpha value is -4.62. The van der Waals surface area contributed by atoms with E-state index in [2.05, 4.69) is 34.4 Å². The zero-order valence-electron chi connectivity index (χ0n) is 26.3. The van der Waals surface area contributed by atoms with Crippen LogP contribution >= 0.6 is 0 Å². The fraction of sp³-hybridized carbons (Fsp3) is 0.389. The maximum absolute atomic E-state index is 16.8. The van der Waals surface area contributed by atoms with Crippen LogP contribution in [0.3, 0.4) is 0 Å². The van der Waals surface area contributed by atoms with Gasteiger partial charge in [0.05, 0.1) is 17.0 Å². The van der Waals surface area contributed by atoms with E-state index in [1.165, 1.54) is 25.0 Å². The minimum absolute atomic E-state index is 0.00152. The summed E-state index contributed by atoms with van der Waals surface area (Å²) < 4.78 is 37.8. The molecule has 2 aromatic heterocycles. The topological polar surface area (TPSA) is 74.7 Å². The summed E-state index contributed by atoms with van der Waals surface area (Å²) in [6.45, 7) is 7.61. The largest absolute Gasteiger partial charge is 0.462 e. The van der Waals surface area contributed by atoms with Gasteiger partial charge in [-0.1, -0.05) is 36.8 Å². The van der Waals surface area contributed by atoms with E-state index in [1.54, 1.807) is 35.4 Å². The lowest BCUT2D eigenvalue weighted by Crippen LogP contribution is -2.43. The van der Waals surface area contributed by atoms with Gasteiger partial charge in [0, 0.05) is 49.4 Å². The highest BCUT2D eigenvalue weighted by atomic mass is 19.1. The van der Waals surface area contributed by atoms with Gasteiger partial charge in [0.25, 0.3) is 0 Å². The molecule has 46 heavy (non-hydrogen) atoms. The second-order valence-corrected chi connectivity index (χ2v) is 13.0. The fourth-order valence-corrected chi connectivity index (χ4v) is 7.54. The molecule has 10 heteroatoms. The van der Waals surface area contributed by atoms with Crippen molar-refractivity contribution in [2.75, 3.05) is 38.7 Å². The van der Waals surface area contributed by atoms with Crippen LogP contribution in [0.4, 0.5) is 14.6 Å². The van der Waals surface area contributed by atoms with E-state index in [1.807, 2.05) is 18.9 Å². The van der Waals surface area contributed by atoms with Crippen LogP contribution in [0.15, 0.2) is 49.2 Å². The number of likely N-dealkylation sites (tertiary alicyclic amines) is 2. The molecule has 4 aromatic rings. The van der Waals surface area contributed by atoms with E-state index >= 15 is 4.39 Å². The van der Waals surface area contributed by atoms with Gasteiger partial charge in [-0.15, -0.1) is 6.42 Å². The lowest BCUT2D eigenvalue weighted by molar-refractivity contribution is -0.126. The SMILES string of the molecule is C#Cc1c(F)ccc2cccc(-c3ncc4c(N(C)[C@@H]5CCN(C(=O)C=C)[C@@H]5C)nc(OC[C@@H]5CC6(CC6)CN5C)nc4c3F)c12. The summed E-state index contributed by atoms with van der Waals surface area (Å²) in [7, 11) is 3.99. The number of anilines is 1. The van der Waals surface area contributed by atoms with Crippen LogP contribution in [0, 0.1) is 29.4 Å². The molecule has 3 atom stereocenters. The first-order chi connectivity index (χ1) is 22.1. The first-order valence-electron chi connectivity index (χ1n) is 15.7. The summed E-state index contributed by atoms with van der Waals surface area (Å²) in [5.41, 5.74) is 0.848. The molecular weight excluding hydrogens is 586 g/mol. The molecule has 0 radical (unpaired) electrons. The molecule has 0 unspecified atom stereocenters. The van der Waals surface area contributed by atoms with E-state index in [0.29, 0.717) is 52.5 Å². The Balaban J connectivity index is 1.33. The third-order valence-corrected chi connectivity index (χ3v) is 10.3. The third kappa shape index (κ3) is 4.94. The van der Waals surface area contributed by atoms with Crippen LogP contribution in [0.25, 0.3) is 32.9 Å². The Morgan fingerprint density at radius 2 is 2.07 bits per heavy atom. The van der Waals surface area contributed by atoms with Crippen molar-refractivity contribution in [1.29, 1.82) is 0 Å². The highest BCUT2D eigenvalue weighted by molar-refractivity contribution is 6.02. The molecule has 2 saturated heterocycles. The molecule has 1 saturated carbocycles. The molecule has 2 aromatic carbocycles. The molecule has 1 aliphatic carbocycles. The molecule has 1 amide bonds. The lowest BCUT2D eigenvalue weighted by Gasteiger charge is -2.32. The molecule has 3 aliphatic rings. The zero-order valence-corrected chi connectivity index (χ0v) is 26.3. The number of amides is 1. The van der Waals surface area contributed by atoms with Crippen molar-refractivity contribution in [2.24, 2.45) is 5.41 Å². The monoisotopic (exact) mass is 622 g/mol. The van der Waals surface area contributed by atoms with Crippen molar-refractivity contribution in [3.8, 4) is 29.6 Å². The average molecular weight is 623 g/mol. The number of carbonyl (C=O) groups excluding carboxylic acids is 1. The Labute approximate surface area is 267 Å². The fourth-order valence-electron chi connectivity index (χ4n) is 7.54. The number of hydrogen-bond acceptors (Lipinski definition) is 7. The van der Waals surface area contributed by atoms with Gasteiger partial charge in [-0.3, -0.25) is 14.7 Å². The van der Waals surface area contributed by atoms with Crippen LogP contribution in [0.2, 0.25) is 0 Å². The number of nitrogens with zero attached hydrogens (tertiary/aromatic N) is 6. The Morgan fingerprint density at radius 1 is 1.26 bits per heavy atom. The summed E-state index contributed by atoms with van der Waals surface area (Å²) in [5, 5.41) is 1.47. The molecular formula is C36H36F2N6O2. The van der Waals surface area contributed by atoms with Crippen LogP contribution < -0.4 is 9.64 Å². The van der Waals surface area contributed by atoms with Crippen LogP contribution in [0.5, 0.6) is 6.01 Å². The molecule has 7 rings (SSSR count). The van der Waals surface area contributed by atoms with Crippen molar-refractivity contribution < 1.29 is 18.3 Å². The normalized spacial score (nSPS) is 22.0. The number of pyridine rings is 1. The summed E-state index contributed by atoms with van der Waals surface area (Å²) in [6.07, 6.45) is 12.8. The summed E-state index contributed by atoms with van der Waals surface area (Å²) >= 11 is 0. The minimum Gasteiger partial charge on any atom is -0.462 e. The van der Waals surface area contributed by atoms with Crippen LogP contribution in [0.1, 0.15) is 38.2 Å². The second kappa shape index (κ2) is 11.3. The van der Waals surface area contributed by atoms with Gasteiger partial charge >= 0.3 is 6.01 Å². The number of ether oxygens (including phenoxy) is 1. The van der Waals surface area contributed by atoms with E-state index in [-0.39, 0.29) is 46.8 Å². The van der Waals surface area contributed by atoms with Crippen molar-refractivity contribution in [3.05, 3.63) is 66.4 Å². The van der Waals surface area contributed by atoms with Gasteiger partial charge in [0.2, 0.25) is 5.91 Å². The van der Waals surface area contributed by atoms with E-state index in [9.17, 15) is 9.18 Å². The third-order valence-electron chi connectivity index (χ3n) is 10.3. The molecule has 4 heterocycles. The van der Waals surface area contributed by atoms with E-state index in [4.69, 9.17) is 16.1 Å². The second-order valence-electron chi connectivity index (χ2n) is 13.0. The maximum atomic E-state index is 16.8. The molecule has 0 N–H and O–H groups in total. The molecule has 2 aliphatic heterocycles. The number of benzene rings is 2. The average Bonchev–Trinajstić information content (AvgIpc) is 3.58. The van der Waals surface area contributed by atoms with Gasteiger partial charge < -0.3 is 14.5 Å². The predicted molar refractivity (Wildman–Crippen MR) is 175 cm³/mol. The van der Waals surface area contributed by atoms with Crippen molar-refractivity contribution in [2.45, 2.75) is 50.7 Å². The number of aromatic nitrogens is 3. The number of hydrogen-bond donors (Lipinski definition) is 0. The van der Waals surface area contributed by atoms with Crippen LogP contribution in [-0.4, -0.2) is 82.6 Å². The number of halogens is 2. The number of likely N-dealkylation sites (N-methyl/N-ethyl adjacent to an activating group) is 2. The first kappa shape index (κ1) is 30.1. The Bertz CT molecular complexity index is 1940. The van der Waals surface area contributed by atoms with Crippen molar-refractivity contribution >= 4 is 33.4 Å². The standard InChI is InChI=1S/C36H36F2N6O2/c1-6-24-27(37)12-11-22-9-8-10-25(30(22)24)32-31(38)33-26(18-39-32)34(43(5)28-13-16-44(21(28)3)29(45)7-2)41-35(40-33)46-19-23-17-36(14-15-36)20-42(23)4/h1,7-12,18,21,23,28H,2,13-17,19-20H2,3-5H3/t21-,23+,28-/m1/s1. The van der Waals surface area contributed by atoms with E-state index in [0.717, 1.165) is 13.0 Å². The summed E-state index contributed by atoms with van der Waals surface area (Å²) in [4.78, 5) is 32.5. The van der Waals surface area contributed by atoms with Gasteiger partial charge in [0.15, 0.2) is 5.82 Å². The highest BCUT2D eigenvalue weighted by Gasteiger charge is 2.51. The highest BCUT2D eigenvalue weighted by Crippen LogP contribution is 2.54. The summed E-state index contributed by atoms with van der Waals surface area (Å²) in [6, 6.07) is 8.20. The van der Waals surface area contributed by atoms with Gasteiger partial charge in [-0.05, 0) is 62.6 Å². The number of rotatable bonds is 7. The quantitative estimate of drug-likeness (QED) is 0.197. The van der Waals surface area contributed by atoms with Crippen molar-refractivity contribution in [1.82, 2.24) is 24.8 Å². The minimum atomic E-state index is -0.683. The van der Waals surface area contributed by atoms with Gasteiger partial charge in [-0.25, -0.2) is 8.78 Å². The summed E-state index contributed by atoms with van der Waals surface area (Å²) in [5.74, 6) is 1.50. The number of terminal acetylenes is 1. The molecule has 0 bridgehead atoms. The van der Waals surface area contributed by atoms with E-state index < -0.39 is 11.6 Å². The lowest BCUT2D eigenvalue weighted by atomic mass is 9.96. The maximum Gasteiger partial charge on any atom is 0.319 e. The molecule has 3 fully saturated rings.